The molecule has 0 bridgehead atoms. The van der Waals surface area contributed by atoms with Gasteiger partial charge in [0.2, 0.25) is 0 Å². The van der Waals surface area contributed by atoms with Crippen molar-refractivity contribution in [1.82, 2.24) is 15.5 Å². The number of nitrogens with zero attached hydrogens (tertiary/aromatic N) is 1. The summed E-state index contributed by atoms with van der Waals surface area (Å²) >= 11 is 0. The first-order valence-corrected chi connectivity index (χ1v) is 8.66. The number of rotatable bonds is 3. The molecule has 1 heterocycles. The molecule has 1 aliphatic carbocycles. The zero-order valence-corrected chi connectivity index (χ0v) is 15.3. The molecule has 0 atom stereocenters. The fraction of sp³-hybridized carbons (Fsp3) is 0.526. The van der Waals surface area contributed by atoms with E-state index < -0.39 is 0 Å². The van der Waals surface area contributed by atoms with E-state index in [1.165, 1.54) is 18.4 Å². The van der Waals surface area contributed by atoms with E-state index in [0.717, 1.165) is 12.6 Å². The zero-order chi connectivity index (χ0) is 17.1. The van der Waals surface area contributed by atoms with Crippen molar-refractivity contribution in [2.24, 2.45) is 0 Å². The first-order valence-electron chi connectivity index (χ1n) is 8.66. The van der Waals surface area contributed by atoms with Gasteiger partial charge in [-0.05, 0) is 12.8 Å². The minimum atomic E-state index is 0.787. The lowest BCUT2D eigenvalue weighted by Gasteiger charge is -1.96. The van der Waals surface area contributed by atoms with Crippen molar-refractivity contribution in [3.63, 3.8) is 0 Å². The standard InChI is InChI=1S/C7H11N3.C6H6.3C2H6/c1-2-7(1)8-3-6-4-9-10-5-6;1-2-4-6-5-3-1;3*1-2/h4-5,7-8H,1-3H2,(H,9,10);1-6H;3*1-2H3. The zero-order valence-electron chi connectivity index (χ0n) is 15.3. The van der Waals surface area contributed by atoms with E-state index in [1.54, 1.807) is 0 Å². The fourth-order valence-corrected chi connectivity index (χ4v) is 1.31. The molecule has 1 aromatic heterocycles. The predicted molar refractivity (Wildman–Crippen MR) is 98.9 cm³/mol. The summed E-state index contributed by atoms with van der Waals surface area (Å²) in [5.41, 5.74) is 1.24. The second-order valence-electron chi connectivity index (χ2n) is 3.92. The van der Waals surface area contributed by atoms with Crippen molar-refractivity contribution in [1.29, 1.82) is 0 Å². The van der Waals surface area contributed by atoms with Crippen molar-refractivity contribution in [2.45, 2.75) is 67.0 Å². The van der Waals surface area contributed by atoms with E-state index in [-0.39, 0.29) is 0 Å². The molecule has 1 saturated carbocycles. The van der Waals surface area contributed by atoms with Crippen molar-refractivity contribution in [2.75, 3.05) is 0 Å². The van der Waals surface area contributed by atoms with Crippen LogP contribution in [0.25, 0.3) is 0 Å². The van der Waals surface area contributed by atoms with Gasteiger partial charge in [-0.1, -0.05) is 77.9 Å². The maximum Gasteiger partial charge on any atom is 0.0532 e. The Bertz CT molecular complexity index is 340. The number of aromatic amines is 1. The first kappa shape index (κ1) is 22.7. The van der Waals surface area contributed by atoms with Gasteiger partial charge in [-0.15, -0.1) is 0 Å². The molecule has 0 spiro atoms. The van der Waals surface area contributed by atoms with Crippen LogP contribution in [-0.2, 0) is 6.54 Å². The molecule has 1 aliphatic rings. The van der Waals surface area contributed by atoms with Gasteiger partial charge in [-0.25, -0.2) is 0 Å². The van der Waals surface area contributed by atoms with Crippen LogP contribution in [-0.4, -0.2) is 16.2 Å². The Morgan fingerprint density at radius 1 is 0.909 bits per heavy atom. The third-order valence-electron chi connectivity index (χ3n) is 2.39. The Morgan fingerprint density at radius 2 is 1.36 bits per heavy atom. The van der Waals surface area contributed by atoms with E-state index in [9.17, 15) is 0 Å². The molecule has 3 heteroatoms. The molecule has 0 aliphatic heterocycles. The Morgan fingerprint density at radius 3 is 1.68 bits per heavy atom. The molecular weight excluding hydrogens is 270 g/mol. The maximum absolute atomic E-state index is 3.86. The molecule has 1 aromatic carbocycles. The van der Waals surface area contributed by atoms with Crippen LogP contribution >= 0.6 is 0 Å². The molecule has 2 N–H and O–H groups in total. The van der Waals surface area contributed by atoms with Gasteiger partial charge in [-0.3, -0.25) is 5.10 Å². The summed E-state index contributed by atoms with van der Waals surface area (Å²) in [5.74, 6) is 0. The second-order valence-corrected chi connectivity index (χ2v) is 3.92. The molecule has 2 aromatic rings. The van der Waals surface area contributed by atoms with Crippen LogP contribution < -0.4 is 5.32 Å². The molecule has 0 radical (unpaired) electrons. The van der Waals surface area contributed by atoms with Gasteiger partial charge in [-0.2, -0.15) is 5.10 Å². The summed E-state index contributed by atoms with van der Waals surface area (Å²) in [6, 6.07) is 12.8. The van der Waals surface area contributed by atoms with Crippen LogP contribution in [0.5, 0.6) is 0 Å². The number of hydrogen-bond acceptors (Lipinski definition) is 2. The summed E-state index contributed by atoms with van der Waals surface area (Å²) in [5, 5.41) is 10.0. The largest absolute Gasteiger partial charge is 0.310 e. The van der Waals surface area contributed by atoms with E-state index in [4.69, 9.17) is 0 Å². The molecular formula is C19H35N3. The highest BCUT2D eigenvalue weighted by atomic mass is 15.1. The molecule has 0 amide bonds. The highest BCUT2D eigenvalue weighted by molar-refractivity contribution is 5.02. The summed E-state index contributed by atoms with van der Waals surface area (Å²) in [6.45, 7) is 13.0. The van der Waals surface area contributed by atoms with E-state index >= 15 is 0 Å². The number of benzene rings is 1. The quantitative estimate of drug-likeness (QED) is 0.794. The summed E-state index contributed by atoms with van der Waals surface area (Å²) < 4.78 is 0. The Kier molecular flexibility index (Phi) is 20.0. The minimum Gasteiger partial charge on any atom is -0.310 e. The molecule has 1 fully saturated rings. The summed E-state index contributed by atoms with van der Waals surface area (Å²) in [7, 11) is 0. The highest BCUT2D eigenvalue weighted by Crippen LogP contribution is 2.18. The maximum atomic E-state index is 3.86. The Balaban J connectivity index is 0. The van der Waals surface area contributed by atoms with Gasteiger partial charge in [0.05, 0.1) is 6.20 Å². The van der Waals surface area contributed by atoms with Crippen molar-refractivity contribution < 1.29 is 0 Å². The number of H-pyrrole nitrogens is 1. The minimum absolute atomic E-state index is 0.787. The molecule has 3 rings (SSSR count). The molecule has 0 saturated heterocycles. The third kappa shape index (κ3) is 14.8. The first-order chi connectivity index (χ1) is 10.9. The monoisotopic (exact) mass is 305 g/mol. The van der Waals surface area contributed by atoms with Crippen LogP contribution in [0.15, 0.2) is 48.8 Å². The highest BCUT2D eigenvalue weighted by Gasteiger charge is 2.19. The van der Waals surface area contributed by atoms with Crippen LogP contribution in [0.4, 0.5) is 0 Å². The van der Waals surface area contributed by atoms with Gasteiger partial charge in [0.25, 0.3) is 0 Å². The number of aromatic nitrogens is 2. The number of nitrogens with one attached hydrogen (secondary N) is 2. The summed E-state index contributed by atoms with van der Waals surface area (Å²) in [4.78, 5) is 0. The Labute approximate surface area is 137 Å². The van der Waals surface area contributed by atoms with E-state index in [1.807, 2.05) is 90.3 Å². The molecule has 0 unspecified atom stereocenters. The van der Waals surface area contributed by atoms with Crippen LogP contribution in [0.3, 0.4) is 0 Å². The second kappa shape index (κ2) is 19.4. The van der Waals surface area contributed by atoms with Crippen molar-refractivity contribution in [3.8, 4) is 0 Å². The average Bonchev–Trinajstić information content (AvgIpc) is 3.34. The van der Waals surface area contributed by atoms with Crippen molar-refractivity contribution in [3.05, 3.63) is 54.4 Å². The topological polar surface area (TPSA) is 40.7 Å². The lowest BCUT2D eigenvalue weighted by atomic mass is 10.3. The van der Waals surface area contributed by atoms with Crippen LogP contribution in [0.2, 0.25) is 0 Å². The van der Waals surface area contributed by atoms with Gasteiger partial charge in [0.15, 0.2) is 0 Å². The lowest BCUT2D eigenvalue weighted by molar-refractivity contribution is 0.688. The normalized spacial score (nSPS) is 11.0. The summed E-state index contributed by atoms with van der Waals surface area (Å²) in [6.07, 6.45) is 6.47. The smallest absolute Gasteiger partial charge is 0.0532 e. The van der Waals surface area contributed by atoms with Gasteiger partial charge < -0.3 is 5.32 Å². The SMILES string of the molecule is CC.CC.CC.c1ccccc1.c1n[nH]cc1CNC1CC1. The van der Waals surface area contributed by atoms with Crippen molar-refractivity contribution >= 4 is 0 Å². The third-order valence-corrected chi connectivity index (χ3v) is 2.39. The molecule has 3 nitrogen and oxygen atoms in total. The van der Waals surface area contributed by atoms with Crippen LogP contribution in [0.1, 0.15) is 59.9 Å². The van der Waals surface area contributed by atoms with Gasteiger partial charge >= 0.3 is 0 Å². The van der Waals surface area contributed by atoms with Gasteiger partial charge in [0, 0.05) is 24.3 Å². The van der Waals surface area contributed by atoms with E-state index in [2.05, 4.69) is 15.5 Å². The average molecular weight is 306 g/mol. The molecule has 126 valence electrons. The molecule has 22 heavy (non-hydrogen) atoms. The predicted octanol–water partition coefficient (Wildman–Crippen LogP) is 5.43. The van der Waals surface area contributed by atoms with Gasteiger partial charge in [0.1, 0.15) is 0 Å². The van der Waals surface area contributed by atoms with E-state index in [0.29, 0.717) is 0 Å². The fourth-order valence-electron chi connectivity index (χ4n) is 1.31. The number of hydrogen-bond donors (Lipinski definition) is 2. The Hall–Kier alpha value is -1.61. The lowest BCUT2D eigenvalue weighted by Crippen LogP contribution is -2.14. The van der Waals surface area contributed by atoms with Crippen LogP contribution in [0, 0.1) is 0 Å².